The number of amides is 3. The number of aromatic nitrogens is 2. The van der Waals surface area contributed by atoms with Crippen LogP contribution in [-0.2, 0) is 25.7 Å². The van der Waals surface area contributed by atoms with Gasteiger partial charge in [0.15, 0.2) is 5.82 Å². The molecule has 0 fully saturated rings. The van der Waals surface area contributed by atoms with Gasteiger partial charge in [-0.15, -0.1) is 0 Å². The number of carbonyl (C=O) groups excluding carboxylic acids is 3. The summed E-state index contributed by atoms with van der Waals surface area (Å²) in [7, 11) is 3.36. The number of rotatable bonds is 11. The molecule has 0 radical (unpaired) electrons. The third kappa shape index (κ3) is 8.25. The van der Waals surface area contributed by atoms with Crippen LogP contribution in [0.25, 0.3) is 0 Å². The van der Waals surface area contributed by atoms with Crippen LogP contribution in [-0.4, -0.2) is 64.5 Å². The molecule has 0 saturated carbocycles. The molecule has 3 aromatic rings. The fraction of sp³-hybridized carbons (Fsp3) is 0.357. The van der Waals surface area contributed by atoms with E-state index in [0.717, 1.165) is 11.1 Å². The highest BCUT2D eigenvalue weighted by Crippen LogP contribution is 2.22. The van der Waals surface area contributed by atoms with Crippen LogP contribution < -0.4 is 16.4 Å². The van der Waals surface area contributed by atoms with Gasteiger partial charge in [0.25, 0.3) is 5.91 Å². The van der Waals surface area contributed by atoms with Gasteiger partial charge in [0.1, 0.15) is 12.1 Å². The highest BCUT2D eigenvalue weighted by atomic mass is 16.5. The molecule has 204 valence electrons. The van der Waals surface area contributed by atoms with E-state index in [-0.39, 0.29) is 32.4 Å². The number of hydrogen-bond donors (Lipinski definition) is 3. The summed E-state index contributed by atoms with van der Waals surface area (Å²) in [5.74, 6) is -0.939. The smallest absolute Gasteiger partial charge is 0.250 e. The molecular formula is C28H38N6O4. The van der Waals surface area contributed by atoms with Crippen LogP contribution in [0.2, 0.25) is 0 Å². The summed E-state index contributed by atoms with van der Waals surface area (Å²) in [5, 5.41) is 5.37. The average Bonchev–Trinajstić information content (AvgIpc) is 3.31. The lowest BCUT2D eigenvalue weighted by molar-refractivity contribution is -0.131. The van der Waals surface area contributed by atoms with Gasteiger partial charge in [0, 0.05) is 20.3 Å². The quantitative estimate of drug-likeness (QED) is 0.355. The van der Waals surface area contributed by atoms with Crippen LogP contribution in [0.1, 0.15) is 38.4 Å². The second-order valence-corrected chi connectivity index (χ2v) is 9.49. The highest BCUT2D eigenvalue weighted by molar-refractivity contribution is 5.98. The number of ether oxygens (including phenoxy) is 1. The molecule has 1 unspecified atom stereocenters. The Kier molecular flexibility index (Phi) is 10.7. The zero-order chi connectivity index (χ0) is 27.0. The summed E-state index contributed by atoms with van der Waals surface area (Å²) in [5.41, 5.74) is 6.44. The molecule has 3 rings (SSSR count). The minimum atomic E-state index is -1.19. The summed E-state index contributed by atoms with van der Waals surface area (Å²) in [4.78, 5) is 44.4. The Bertz CT molecular complexity index is 1190. The maximum Gasteiger partial charge on any atom is 0.250 e. The molecule has 1 heterocycles. The molecule has 0 aliphatic heterocycles. The van der Waals surface area contributed by atoms with Crippen LogP contribution >= 0.6 is 0 Å². The molecule has 0 saturated heterocycles. The van der Waals surface area contributed by atoms with Gasteiger partial charge >= 0.3 is 0 Å². The lowest BCUT2D eigenvalue weighted by Gasteiger charge is -2.23. The van der Waals surface area contributed by atoms with Crippen molar-refractivity contribution < 1.29 is 19.1 Å². The Balaban J connectivity index is 0.00000507. The molecule has 3 amide bonds. The first-order valence-corrected chi connectivity index (χ1v) is 11.9. The molecule has 0 aliphatic rings. The summed E-state index contributed by atoms with van der Waals surface area (Å²) in [6.45, 7) is 3.30. The number of benzene rings is 2. The van der Waals surface area contributed by atoms with Crippen molar-refractivity contribution >= 4 is 23.5 Å². The third-order valence-corrected chi connectivity index (χ3v) is 5.54. The Hall–Kier alpha value is -4.02. The van der Waals surface area contributed by atoms with E-state index in [9.17, 15) is 14.4 Å². The van der Waals surface area contributed by atoms with Crippen LogP contribution in [0.15, 0.2) is 73.2 Å². The molecule has 38 heavy (non-hydrogen) atoms. The van der Waals surface area contributed by atoms with Gasteiger partial charge in [-0.05, 0) is 25.0 Å². The molecule has 4 N–H and O–H groups in total. The van der Waals surface area contributed by atoms with Crippen LogP contribution in [0.4, 0.5) is 5.82 Å². The number of nitrogens with zero attached hydrogens (tertiary/aromatic N) is 3. The van der Waals surface area contributed by atoms with Gasteiger partial charge in [-0.1, -0.05) is 68.1 Å². The molecule has 0 bridgehead atoms. The predicted octanol–water partition coefficient (Wildman–Crippen LogP) is 2.57. The number of nitrogens with two attached hydrogens (primary N) is 1. The number of anilines is 1. The monoisotopic (exact) mass is 522 g/mol. The van der Waals surface area contributed by atoms with Crippen molar-refractivity contribution in [2.24, 2.45) is 5.73 Å². The van der Waals surface area contributed by atoms with E-state index in [1.165, 1.54) is 11.2 Å². The lowest BCUT2D eigenvalue weighted by atomic mass is 10.1. The van der Waals surface area contributed by atoms with Crippen molar-refractivity contribution in [3.05, 3.63) is 84.3 Å². The summed E-state index contributed by atoms with van der Waals surface area (Å²) < 4.78 is 7.36. The molecule has 1 aromatic heterocycles. The Morgan fingerprint density at radius 1 is 1.05 bits per heavy atom. The maximum absolute atomic E-state index is 13.1. The van der Waals surface area contributed by atoms with Crippen LogP contribution in [0.3, 0.4) is 0 Å². The minimum absolute atomic E-state index is 0. The van der Waals surface area contributed by atoms with Crippen LogP contribution in [0.5, 0.6) is 0 Å². The van der Waals surface area contributed by atoms with Gasteiger partial charge < -0.3 is 30.6 Å². The molecule has 10 nitrogen and oxygen atoms in total. The number of imidazole rings is 1. The summed E-state index contributed by atoms with van der Waals surface area (Å²) in [6, 6.07) is 17.1. The van der Waals surface area contributed by atoms with Gasteiger partial charge in [0.2, 0.25) is 11.8 Å². The standard InChI is InChI=1S/C27H34N6O4.CH4/c1-27(2,28)26(36)30-21(17-37-16-19-11-7-5-8-12-19)24(34)31-22-15-33(18-29-22)23(25(35)32(3)4)20-13-9-6-10-14-20;/h5-15,18,21,23H,16-17,28H2,1-4H3,(H,30,36)(H,31,34);1H4/t21-,23?;/m1./s1. The van der Waals surface area contributed by atoms with Crippen molar-refractivity contribution in [3.63, 3.8) is 0 Å². The summed E-state index contributed by atoms with van der Waals surface area (Å²) >= 11 is 0. The average molecular weight is 523 g/mol. The van der Waals surface area contributed by atoms with Crippen molar-refractivity contribution in [1.82, 2.24) is 19.8 Å². The maximum atomic E-state index is 13.1. The largest absolute Gasteiger partial charge is 0.374 e. The molecule has 2 atom stereocenters. The van der Waals surface area contributed by atoms with Crippen LogP contribution in [0, 0.1) is 0 Å². The van der Waals surface area contributed by atoms with E-state index in [4.69, 9.17) is 10.5 Å². The van der Waals surface area contributed by atoms with E-state index in [0.29, 0.717) is 0 Å². The topological polar surface area (TPSA) is 132 Å². The first-order valence-electron chi connectivity index (χ1n) is 11.9. The normalized spacial score (nSPS) is 12.6. The van der Waals surface area contributed by atoms with E-state index in [1.807, 2.05) is 60.7 Å². The van der Waals surface area contributed by atoms with Gasteiger partial charge in [0.05, 0.1) is 25.1 Å². The Morgan fingerprint density at radius 3 is 2.24 bits per heavy atom. The number of likely N-dealkylation sites (N-methyl/N-ethyl adjacent to an activating group) is 1. The second kappa shape index (κ2) is 13.5. The predicted molar refractivity (Wildman–Crippen MR) is 147 cm³/mol. The molecule has 0 spiro atoms. The molecule has 10 heteroatoms. The van der Waals surface area contributed by atoms with E-state index in [1.54, 1.807) is 38.7 Å². The van der Waals surface area contributed by atoms with Gasteiger partial charge in [-0.2, -0.15) is 0 Å². The number of carbonyl (C=O) groups is 3. The van der Waals surface area contributed by atoms with Crippen molar-refractivity contribution in [2.45, 2.75) is 45.5 Å². The Labute approximate surface area is 224 Å². The summed E-state index contributed by atoms with van der Waals surface area (Å²) in [6.07, 6.45) is 3.06. The zero-order valence-electron chi connectivity index (χ0n) is 21.5. The second-order valence-electron chi connectivity index (χ2n) is 9.49. The van der Waals surface area contributed by atoms with E-state index < -0.39 is 29.4 Å². The third-order valence-electron chi connectivity index (χ3n) is 5.54. The van der Waals surface area contributed by atoms with Gasteiger partial charge in [-0.25, -0.2) is 4.98 Å². The molecular weight excluding hydrogens is 484 g/mol. The SMILES string of the molecule is C.CN(C)C(=O)C(c1ccccc1)n1cnc(NC(=O)[C@@H](COCc2ccccc2)NC(=O)C(C)(C)N)c1. The number of hydrogen-bond acceptors (Lipinski definition) is 6. The van der Waals surface area contributed by atoms with Crippen molar-refractivity contribution in [3.8, 4) is 0 Å². The van der Waals surface area contributed by atoms with Gasteiger partial charge in [-0.3, -0.25) is 14.4 Å². The fourth-order valence-corrected chi connectivity index (χ4v) is 3.47. The van der Waals surface area contributed by atoms with E-state index >= 15 is 0 Å². The van der Waals surface area contributed by atoms with E-state index in [2.05, 4.69) is 15.6 Å². The molecule has 2 aromatic carbocycles. The number of nitrogens with one attached hydrogen (secondary N) is 2. The Morgan fingerprint density at radius 2 is 1.66 bits per heavy atom. The minimum Gasteiger partial charge on any atom is -0.374 e. The molecule has 0 aliphatic carbocycles. The first kappa shape index (κ1) is 30.2. The van der Waals surface area contributed by atoms with Crippen molar-refractivity contribution in [2.75, 3.05) is 26.0 Å². The zero-order valence-corrected chi connectivity index (χ0v) is 21.5. The highest BCUT2D eigenvalue weighted by Gasteiger charge is 2.29. The van der Waals surface area contributed by atoms with Crippen molar-refractivity contribution in [1.29, 1.82) is 0 Å². The lowest BCUT2D eigenvalue weighted by Crippen LogP contribution is -2.56. The first-order chi connectivity index (χ1) is 17.6. The fourth-order valence-electron chi connectivity index (χ4n) is 3.47.